The summed E-state index contributed by atoms with van der Waals surface area (Å²) in [6, 6.07) is 23.3. The van der Waals surface area contributed by atoms with Gasteiger partial charge in [0.15, 0.2) is 0 Å². The van der Waals surface area contributed by atoms with Gasteiger partial charge in [0, 0.05) is 31.4 Å². The predicted molar refractivity (Wildman–Crippen MR) is 130 cm³/mol. The van der Waals surface area contributed by atoms with Gasteiger partial charge in [-0.15, -0.1) is 11.3 Å². The Hall–Kier alpha value is -2.60. The van der Waals surface area contributed by atoms with Crippen LogP contribution < -0.4 is 5.46 Å². The number of thiophene rings is 1. The van der Waals surface area contributed by atoms with Crippen LogP contribution in [-0.2, 0) is 9.31 Å². The van der Waals surface area contributed by atoms with Crippen molar-refractivity contribution in [1.29, 1.82) is 0 Å². The molecular weight excluding hydrogens is 403 g/mol. The van der Waals surface area contributed by atoms with Crippen LogP contribution in [0, 0.1) is 0 Å². The highest BCUT2D eigenvalue weighted by atomic mass is 32.1. The lowest BCUT2D eigenvalue weighted by molar-refractivity contribution is 0.00578. The first-order valence-corrected chi connectivity index (χ1v) is 11.4. The molecule has 0 radical (unpaired) electrons. The summed E-state index contributed by atoms with van der Waals surface area (Å²) in [5.74, 6) is 0. The number of furan rings is 1. The highest BCUT2D eigenvalue weighted by molar-refractivity contribution is 7.22. The summed E-state index contributed by atoms with van der Waals surface area (Å²) in [6.45, 7) is 8.31. The zero-order valence-electron chi connectivity index (χ0n) is 18.1. The Bertz CT molecular complexity index is 1410. The molecule has 1 aliphatic heterocycles. The van der Waals surface area contributed by atoms with E-state index in [1.54, 1.807) is 0 Å². The van der Waals surface area contributed by atoms with Crippen LogP contribution in [0.5, 0.6) is 0 Å². The van der Waals surface area contributed by atoms with Crippen LogP contribution in [0.15, 0.2) is 71.1 Å². The minimum absolute atomic E-state index is 0.403. The van der Waals surface area contributed by atoms with Gasteiger partial charge in [-0.2, -0.15) is 0 Å². The van der Waals surface area contributed by atoms with Gasteiger partial charge in [-0.25, -0.2) is 0 Å². The lowest BCUT2D eigenvalue weighted by atomic mass is 9.77. The van der Waals surface area contributed by atoms with Crippen LogP contribution in [0.1, 0.15) is 27.7 Å². The summed E-state index contributed by atoms with van der Waals surface area (Å²) in [6.07, 6.45) is 0. The molecule has 0 N–H and O–H groups in total. The fourth-order valence-electron chi connectivity index (χ4n) is 4.32. The van der Waals surface area contributed by atoms with Gasteiger partial charge in [-0.05, 0) is 51.3 Å². The summed E-state index contributed by atoms with van der Waals surface area (Å²) in [5.41, 5.74) is 3.04. The Morgan fingerprint density at radius 2 is 1.52 bits per heavy atom. The van der Waals surface area contributed by atoms with E-state index in [0.717, 1.165) is 27.4 Å². The molecule has 3 heterocycles. The third-order valence-corrected chi connectivity index (χ3v) is 7.90. The highest BCUT2D eigenvalue weighted by Crippen LogP contribution is 2.42. The van der Waals surface area contributed by atoms with E-state index in [9.17, 15) is 0 Å². The molecule has 3 nitrogen and oxygen atoms in total. The zero-order valence-corrected chi connectivity index (χ0v) is 18.9. The molecule has 5 aromatic rings. The molecule has 5 heteroatoms. The van der Waals surface area contributed by atoms with E-state index in [2.05, 4.69) is 82.3 Å². The molecule has 0 amide bonds. The first-order chi connectivity index (χ1) is 14.8. The second-order valence-corrected chi connectivity index (χ2v) is 10.3. The molecule has 0 atom stereocenters. The average molecular weight is 426 g/mol. The summed E-state index contributed by atoms with van der Waals surface area (Å²) < 4.78 is 20.4. The van der Waals surface area contributed by atoms with E-state index < -0.39 is 18.3 Å². The number of rotatable bonds is 2. The van der Waals surface area contributed by atoms with Gasteiger partial charge in [0.1, 0.15) is 11.2 Å². The number of fused-ring (bicyclic) bond motifs is 4. The zero-order chi connectivity index (χ0) is 21.4. The smallest absolute Gasteiger partial charge is 0.456 e. The van der Waals surface area contributed by atoms with Gasteiger partial charge in [0.2, 0.25) is 0 Å². The SMILES string of the molecule is CC1(C)OB(c2ccc(-c3cc4ccccc4s3)c3c2oc2ccccc23)OC1(C)C. The van der Waals surface area contributed by atoms with Crippen molar-refractivity contribution in [2.45, 2.75) is 38.9 Å². The van der Waals surface area contributed by atoms with E-state index >= 15 is 0 Å². The number of hydrogen-bond donors (Lipinski definition) is 0. The van der Waals surface area contributed by atoms with Crippen LogP contribution in [0.4, 0.5) is 0 Å². The molecule has 3 aromatic carbocycles. The summed E-state index contributed by atoms with van der Waals surface area (Å²) in [5, 5.41) is 3.50. The van der Waals surface area contributed by atoms with Crippen LogP contribution in [0.2, 0.25) is 0 Å². The van der Waals surface area contributed by atoms with Gasteiger partial charge in [-0.3, -0.25) is 0 Å². The molecule has 31 heavy (non-hydrogen) atoms. The highest BCUT2D eigenvalue weighted by Gasteiger charge is 2.52. The first-order valence-electron chi connectivity index (χ1n) is 10.6. The Morgan fingerprint density at radius 1 is 0.806 bits per heavy atom. The molecule has 1 fully saturated rings. The van der Waals surface area contributed by atoms with Gasteiger partial charge in [-0.1, -0.05) is 48.5 Å². The average Bonchev–Trinajstić information content (AvgIpc) is 3.39. The lowest BCUT2D eigenvalue weighted by Gasteiger charge is -2.32. The minimum Gasteiger partial charge on any atom is -0.456 e. The molecule has 0 bridgehead atoms. The van der Waals surface area contributed by atoms with Crippen LogP contribution in [-0.4, -0.2) is 18.3 Å². The predicted octanol–water partition coefficient (Wildman–Crippen LogP) is 6.77. The molecule has 1 aliphatic rings. The molecule has 0 unspecified atom stereocenters. The maximum Gasteiger partial charge on any atom is 0.498 e. The Morgan fingerprint density at radius 3 is 2.29 bits per heavy atom. The topological polar surface area (TPSA) is 31.6 Å². The van der Waals surface area contributed by atoms with Crippen molar-refractivity contribution in [2.75, 3.05) is 0 Å². The molecule has 0 aliphatic carbocycles. The second kappa shape index (κ2) is 6.46. The van der Waals surface area contributed by atoms with Crippen molar-refractivity contribution in [2.24, 2.45) is 0 Å². The second-order valence-electron chi connectivity index (χ2n) is 9.24. The largest absolute Gasteiger partial charge is 0.498 e. The normalized spacial score (nSPS) is 17.9. The van der Waals surface area contributed by atoms with Crippen molar-refractivity contribution in [3.8, 4) is 10.4 Å². The van der Waals surface area contributed by atoms with Crippen LogP contribution >= 0.6 is 11.3 Å². The molecule has 154 valence electrons. The van der Waals surface area contributed by atoms with E-state index in [1.165, 1.54) is 20.5 Å². The maximum absolute atomic E-state index is 6.41. The molecular formula is C26H23BO3S. The minimum atomic E-state index is -0.468. The van der Waals surface area contributed by atoms with E-state index in [-0.39, 0.29) is 0 Å². The number of hydrogen-bond acceptors (Lipinski definition) is 4. The monoisotopic (exact) mass is 426 g/mol. The molecule has 6 rings (SSSR count). The Labute approximate surface area is 185 Å². The Kier molecular flexibility index (Phi) is 3.98. The van der Waals surface area contributed by atoms with Crippen molar-refractivity contribution in [1.82, 2.24) is 0 Å². The first kappa shape index (κ1) is 19.1. The van der Waals surface area contributed by atoms with Crippen LogP contribution in [0.3, 0.4) is 0 Å². The molecule has 2 aromatic heterocycles. The van der Waals surface area contributed by atoms with Crippen molar-refractivity contribution >= 4 is 55.9 Å². The third-order valence-electron chi connectivity index (χ3n) is 6.75. The fourth-order valence-corrected chi connectivity index (χ4v) is 5.42. The van der Waals surface area contributed by atoms with E-state index in [4.69, 9.17) is 13.7 Å². The standard InChI is InChI=1S/C26H23BO3S/c1-25(2)26(3,4)30-27(29-25)19-14-13-18(22-15-16-9-5-8-12-21(16)31-22)23-17-10-6-7-11-20(17)28-24(19)23/h5-15H,1-4H3. The molecule has 0 spiro atoms. The lowest BCUT2D eigenvalue weighted by Crippen LogP contribution is -2.41. The number of benzene rings is 3. The van der Waals surface area contributed by atoms with Gasteiger partial charge in [0.05, 0.1) is 11.2 Å². The number of para-hydroxylation sites is 1. The molecule has 0 saturated carbocycles. The summed E-state index contributed by atoms with van der Waals surface area (Å²) in [7, 11) is -0.468. The quantitative estimate of drug-likeness (QED) is 0.292. The van der Waals surface area contributed by atoms with E-state index in [1.807, 2.05) is 23.5 Å². The molecule has 1 saturated heterocycles. The van der Waals surface area contributed by atoms with Crippen molar-refractivity contribution in [3.63, 3.8) is 0 Å². The summed E-state index contributed by atoms with van der Waals surface area (Å²) in [4.78, 5) is 1.23. The van der Waals surface area contributed by atoms with Crippen LogP contribution in [0.25, 0.3) is 42.5 Å². The fraction of sp³-hybridized carbons (Fsp3) is 0.231. The van der Waals surface area contributed by atoms with Crippen molar-refractivity contribution in [3.05, 3.63) is 66.7 Å². The van der Waals surface area contributed by atoms with Gasteiger partial charge >= 0.3 is 7.12 Å². The van der Waals surface area contributed by atoms with E-state index in [0.29, 0.717) is 0 Å². The van der Waals surface area contributed by atoms with Gasteiger partial charge in [0.25, 0.3) is 0 Å². The van der Waals surface area contributed by atoms with Crippen molar-refractivity contribution < 1.29 is 13.7 Å². The third kappa shape index (κ3) is 2.81. The Balaban J connectivity index is 1.61. The summed E-state index contributed by atoms with van der Waals surface area (Å²) >= 11 is 1.81. The maximum atomic E-state index is 6.41. The van der Waals surface area contributed by atoms with Gasteiger partial charge < -0.3 is 13.7 Å².